The summed E-state index contributed by atoms with van der Waals surface area (Å²) >= 11 is 0. The van der Waals surface area contributed by atoms with Crippen molar-refractivity contribution in [2.75, 3.05) is 30.5 Å². The Morgan fingerprint density at radius 1 is 1.00 bits per heavy atom. The summed E-state index contributed by atoms with van der Waals surface area (Å²) in [6.45, 7) is 0. The number of benzene rings is 2. The van der Waals surface area contributed by atoms with Gasteiger partial charge < -0.3 is 19.3 Å². The smallest absolute Gasteiger partial charge is 0.277 e. The van der Waals surface area contributed by atoms with Gasteiger partial charge in [0.1, 0.15) is 11.5 Å². The van der Waals surface area contributed by atoms with Crippen LogP contribution in [0.2, 0.25) is 0 Å². The van der Waals surface area contributed by atoms with Crippen LogP contribution in [0.5, 0.6) is 11.5 Å². The van der Waals surface area contributed by atoms with Crippen molar-refractivity contribution in [2.45, 2.75) is 0 Å². The maximum absolute atomic E-state index is 12.4. The van der Waals surface area contributed by atoms with E-state index in [0.29, 0.717) is 34.2 Å². The molecule has 1 aromatic heterocycles. The van der Waals surface area contributed by atoms with Crippen LogP contribution in [-0.2, 0) is 10.0 Å². The maximum Gasteiger partial charge on any atom is 0.277 e. The second-order valence-electron chi connectivity index (χ2n) is 6.05. The summed E-state index contributed by atoms with van der Waals surface area (Å²) < 4.78 is 40.6. The van der Waals surface area contributed by atoms with Crippen LogP contribution in [0.25, 0.3) is 11.3 Å². The molecule has 2 N–H and O–H groups in total. The number of carbonyl (C=O) groups is 1. The number of carbonyl (C=O) groups excluding carboxylic acids is 1. The number of rotatable bonds is 7. The molecule has 0 fully saturated rings. The molecule has 0 aliphatic carbocycles. The molecule has 0 unspecified atom stereocenters. The summed E-state index contributed by atoms with van der Waals surface area (Å²) in [5.41, 5.74) is 1.52. The molecule has 1 amide bonds. The van der Waals surface area contributed by atoms with Crippen molar-refractivity contribution in [2.24, 2.45) is 0 Å². The molecule has 152 valence electrons. The zero-order valence-corrected chi connectivity index (χ0v) is 16.7. The fourth-order valence-electron chi connectivity index (χ4n) is 2.55. The molecule has 0 atom stereocenters. The van der Waals surface area contributed by atoms with E-state index in [9.17, 15) is 13.2 Å². The number of nitrogens with one attached hydrogen (secondary N) is 2. The Labute approximate surface area is 167 Å². The Kier molecular flexibility index (Phi) is 5.74. The van der Waals surface area contributed by atoms with E-state index in [1.807, 2.05) is 0 Å². The van der Waals surface area contributed by atoms with Crippen LogP contribution in [0.15, 0.2) is 53.1 Å². The van der Waals surface area contributed by atoms with Crippen molar-refractivity contribution in [1.82, 2.24) is 5.16 Å². The fraction of sp³-hybridized carbons (Fsp3) is 0.158. The summed E-state index contributed by atoms with van der Waals surface area (Å²) in [4.78, 5) is 12.4. The van der Waals surface area contributed by atoms with Crippen molar-refractivity contribution in [1.29, 1.82) is 0 Å². The lowest BCUT2D eigenvalue weighted by Gasteiger charge is -2.07. The van der Waals surface area contributed by atoms with Gasteiger partial charge in [-0.1, -0.05) is 5.16 Å². The number of nitrogens with zero attached hydrogens (tertiary/aromatic N) is 1. The van der Waals surface area contributed by atoms with Crippen molar-refractivity contribution < 1.29 is 27.2 Å². The monoisotopic (exact) mass is 417 g/mol. The highest BCUT2D eigenvalue weighted by Gasteiger charge is 2.17. The third-order valence-corrected chi connectivity index (χ3v) is 4.47. The molecule has 0 saturated heterocycles. The fourth-order valence-corrected chi connectivity index (χ4v) is 3.11. The quantitative estimate of drug-likeness (QED) is 0.606. The Morgan fingerprint density at radius 3 is 2.31 bits per heavy atom. The molecular weight excluding hydrogens is 398 g/mol. The van der Waals surface area contributed by atoms with Gasteiger partial charge in [-0.25, -0.2) is 8.42 Å². The molecule has 2 aromatic carbocycles. The van der Waals surface area contributed by atoms with Gasteiger partial charge in [-0.3, -0.25) is 9.52 Å². The lowest BCUT2D eigenvalue weighted by Crippen LogP contribution is -2.12. The largest absolute Gasteiger partial charge is 0.497 e. The molecule has 0 aliphatic heterocycles. The van der Waals surface area contributed by atoms with E-state index < -0.39 is 15.9 Å². The maximum atomic E-state index is 12.4. The van der Waals surface area contributed by atoms with Gasteiger partial charge in [0, 0.05) is 17.4 Å². The van der Waals surface area contributed by atoms with E-state index in [4.69, 9.17) is 14.0 Å². The highest BCUT2D eigenvalue weighted by molar-refractivity contribution is 7.92. The molecule has 9 nitrogen and oxygen atoms in total. The van der Waals surface area contributed by atoms with Crippen LogP contribution in [0.1, 0.15) is 10.5 Å². The van der Waals surface area contributed by atoms with Gasteiger partial charge in [0.15, 0.2) is 11.5 Å². The number of amides is 1. The van der Waals surface area contributed by atoms with Gasteiger partial charge in [0.05, 0.1) is 26.0 Å². The van der Waals surface area contributed by atoms with Crippen molar-refractivity contribution in [3.8, 4) is 22.8 Å². The van der Waals surface area contributed by atoms with E-state index >= 15 is 0 Å². The summed E-state index contributed by atoms with van der Waals surface area (Å²) in [6.07, 6.45) is 1.06. The highest BCUT2D eigenvalue weighted by atomic mass is 32.2. The Bertz CT molecular complexity index is 1120. The molecule has 0 spiro atoms. The molecule has 29 heavy (non-hydrogen) atoms. The first-order valence-corrected chi connectivity index (χ1v) is 10.3. The van der Waals surface area contributed by atoms with E-state index in [1.54, 1.807) is 37.4 Å². The van der Waals surface area contributed by atoms with Gasteiger partial charge in [-0.05, 0) is 42.5 Å². The Hall–Kier alpha value is -3.53. The van der Waals surface area contributed by atoms with Crippen LogP contribution < -0.4 is 19.5 Å². The summed E-state index contributed by atoms with van der Waals surface area (Å²) in [5, 5.41) is 6.48. The molecule has 0 bridgehead atoms. The SMILES string of the molecule is COc1ccc(OC)c(-c2cc(C(=O)Nc3ccc(NS(C)(=O)=O)cc3)no2)c1. The van der Waals surface area contributed by atoms with Gasteiger partial charge >= 0.3 is 0 Å². The van der Waals surface area contributed by atoms with Gasteiger partial charge in [-0.15, -0.1) is 0 Å². The van der Waals surface area contributed by atoms with Crippen LogP contribution >= 0.6 is 0 Å². The molecular formula is C19H19N3O6S. The molecule has 0 aliphatic rings. The first-order valence-electron chi connectivity index (χ1n) is 8.37. The zero-order chi connectivity index (χ0) is 21.0. The lowest BCUT2D eigenvalue weighted by atomic mass is 10.1. The second-order valence-corrected chi connectivity index (χ2v) is 7.80. The second kappa shape index (κ2) is 8.23. The summed E-state index contributed by atoms with van der Waals surface area (Å²) in [7, 11) is -0.301. The first kappa shape index (κ1) is 20.2. The van der Waals surface area contributed by atoms with Crippen LogP contribution in [-0.4, -0.2) is 40.0 Å². The number of ether oxygens (including phenoxy) is 2. The average molecular weight is 417 g/mol. The van der Waals surface area contributed by atoms with Crippen molar-refractivity contribution in [3.05, 3.63) is 54.2 Å². The third kappa shape index (κ3) is 5.05. The zero-order valence-electron chi connectivity index (χ0n) is 15.9. The molecule has 3 aromatic rings. The lowest BCUT2D eigenvalue weighted by molar-refractivity contribution is 0.101. The highest BCUT2D eigenvalue weighted by Crippen LogP contribution is 2.33. The number of hydrogen-bond donors (Lipinski definition) is 2. The average Bonchev–Trinajstić information content (AvgIpc) is 3.18. The molecule has 0 radical (unpaired) electrons. The van der Waals surface area contributed by atoms with E-state index in [1.165, 1.54) is 25.3 Å². The van der Waals surface area contributed by atoms with Gasteiger partial charge in [-0.2, -0.15) is 0 Å². The third-order valence-electron chi connectivity index (χ3n) is 3.86. The topological polar surface area (TPSA) is 120 Å². The Balaban J connectivity index is 1.76. The van der Waals surface area contributed by atoms with Crippen LogP contribution in [0.3, 0.4) is 0 Å². The van der Waals surface area contributed by atoms with Crippen molar-refractivity contribution in [3.63, 3.8) is 0 Å². The summed E-state index contributed by atoms with van der Waals surface area (Å²) in [6, 6.07) is 12.9. The van der Waals surface area contributed by atoms with E-state index in [2.05, 4.69) is 15.2 Å². The van der Waals surface area contributed by atoms with Crippen molar-refractivity contribution >= 4 is 27.3 Å². The normalized spacial score (nSPS) is 11.0. The molecule has 0 saturated carbocycles. The van der Waals surface area contributed by atoms with Crippen LogP contribution in [0, 0.1) is 0 Å². The minimum atomic E-state index is -3.37. The minimum Gasteiger partial charge on any atom is -0.497 e. The predicted molar refractivity (Wildman–Crippen MR) is 108 cm³/mol. The standard InChI is InChI=1S/C19H19N3O6S/c1-26-14-8-9-17(27-2)15(10-14)18-11-16(21-28-18)19(23)20-12-4-6-13(7-5-12)22-29(3,24)25/h4-11,22H,1-3H3,(H,20,23). The Morgan fingerprint density at radius 2 is 1.69 bits per heavy atom. The van der Waals surface area contributed by atoms with Gasteiger partial charge in [0.25, 0.3) is 5.91 Å². The number of aromatic nitrogens is 1. The van der Waals surface area contributed by atoms with E-state index in [-0.39, 0.29) is 5.69 Å². The number of sulfonamides is 1. The molecule has 3 rings (SSSR count). The summed E-state index contributed by atoms with van der Waals surface area (Å²) in [5.74, 6) is 1.01. The minimum absolute atomic E-state index is 0.0724. The number of hydrogen-bond acceptors (Lipinski definition) is 7. The molecule has 1 heterocycles. The molecule has 10 heteroatoms. The van der Waals surface area contributed by atoms with Gasteiger partial charge in [0.2, 0.25) is 10.0 Å². The predicted octanol–water partition coefficient (Wildman–Crippen LogP) is 2.98. The van der Waals surface area contributed by atoms with Crippen LogP contribution in [0.4, 0.5) is 11.4 Å². The first-order chi connectivity index (χ1) is 13.8. The van der Waals surface area contributed by atoms with E-state index in [0.717, 1.165) is 6.26 Å². The number of anilines is 2. The number of methoxy groups -OCH3 is 2.